The third kappa shape index (κ3) is 2.92. The van der Waals surface area contributed by atoms with Gasteiger partial charge >= 0.3 is 0 Å². The second-order valence-corrected chi connectivity index (χ2v) is 6.14. The molecule has 1 atom stereocenters. The summed E-state index contributed by atoms with van der Waals surface area (Å²) in [6, 6.07) is 1.88. The number of nitrogens with zero attached hydrogens (tertiary/aromatic N) is 1. The van der Waals surface area contributed by atoms with Crippen molar-refractivity contribution in [2.24, 2.45) is 0 Å². The zero-order chi connectivity index (χ0) is 13.1. The van der Waals surface area contributed by atoms with Gasteiger partial charge in [-0.05, 0) is 50.2 Å². The Morgan fingerprint density at radius 3 is 2.89 bits per heavy atom. The molecule has 2 fully saturated rings. The van der Waals surface area contributed by atoms with E-state index in [1.807, 2.05) is 12.3 Å². The largest absolute Gasteiger partial charge is 0.398 e. The van der Waals surface area contributed by atoms with E-state index < -0.39 is 0 Å². The maximum atomic E-state index is 6.39. The van der Waals surface area contributed by atoms with Crippen molar-refractivity contribution in [3.63, 3.8) is 0 Å². The SMILES string of the molecule is Nc1ccncc1CCC1CCC2(CCCCC2)O1. The number of hydrogen-bond donors (Lipinski definition) is 1. The van der Waals surface area contributed by atoms with Crippen molar-refractivity contribution < 1.29 is 4.74 Å². The summed E-state index contributed by atoms with van der Waals surface area (Å²) < 4.78 is 6.39. The highest BCUT2D eigenvalue weighted by Crippen LogP contribution is 2.42. The molecule has 3 heteroatoms. The highest BCUT2D eigenvalue weighted by atomic mass is 16.5. The molecule has 19 heavy (non-hydrogen) atoms. The number of ether oxygens (including phenoxy) is 1. The predicted octanol–water partition coefficient (Wildman–Crippen LogP) is 3.48. The molecule has 1 saturated carbocycles. The minimum atomic E-state index is 0.239. The van der Waals surface area contributed by atoms with E-state index in [4.69, 9.17) is 10.5 Å². The summed E-state index contributed by atoms with van der Waals surface area (Å²) >= 11 is 0. The van der Waals surface area contributed by atoms with Crippen LogP contribution in [0.1, 0.15) is 56.9 Å². The van der Waals surface area contributed by atoms with Crippen LogP contribution in [-0.4, -0.2) is 16.7 Å². The Bertz CT molecular complexity index is 427. The first-order chi connectivity index (χ1) is 9.27. The van der Waals surface area contributed by atoms with Gasteiger partial charge in [-0.15, -0.1) is 0 Å². The van der Waals surface area contributed by atoms with Gasteiger partial charge in [-0.25, -0.2) is 0 Å². The summed E-state index contributed by atoms with van der Waals surface area (Å²) in [7, 11) is 0. The number of aromatic nitrogens is 1. The monoisotopic (exact) mass is 260 g/mol. The molecular formula is C16H24N2O. The van der Waals surface area contributed by atoms with E-state index in [0.717, 1.165) is 24.1 Å². The third-order valence-corrected chi connectivity index (χ3v) is 4.78. The molecule has 1 aliphatic carbocycles. The topological polar surface area (TPSA) is 48.1 Å². The van der Waals surface area contributed by atoms with Crippen molar-refractivity contribution in [1.29, 1.82) is 0 Å². The summed E-state index contributed by atoms with van der Waals surface area (Å²) in [5.41, 5.74) is 8.22. The van der Waals surface area contributed by atoms with Crippen molar-refractivity contribution in [2.45, 2.75) is 69.5 Å². The molecule has 0 aromatic carbocycles. The maximum absolute atomic E-state index is 6.39. The molecule has 1 aromatic rings. The summed E-state index contributed by atoms with van der Waals surface area (Å²) in [5, 5.41) is 0. The summed E-state index contributed by atoms with van der Waals surface area (Å²) in [5.74, 6) is 0. The van der Waals surface area contributed by atoms with Gasteiger partial charge < -0.3 is 10.5 Å². The predicted molar refractivity (Wildman–Crippen MR) is 76.9 cm³/mol. The van der Waals surface area contributed by atoms with Crippen molar-refractivity contribution in [3.05, 3.63) is 24.0 Å². The number of nitrogen functional groups attached to an aromatic ring is 1. The molecule has 0 radical (unpaired) electrons. The molecule has 1 aromatic heterocycles. The standard InChI is InChI=1S/C16H24N2O/c17-15-7-11-18-12-13(15)4-5-14-6-10-16(19-14)8-2-1-3-9-16/h7,11-12,14H,1-6,8-10H2,(H2,17,18). The van der Waals surface area contributed by atoms with E-state index in [2.05, 4.69) is 4.98 Å². The lowest BCUT2D eigenvalue weighted by molar-refractivity contribution is -0.0653. The van der Waals surface area contributed by atoms with E-state index in [1.54, 1.807) is 6.20 Å². The summed E-state index contributed by atoms with van der Waals surface area (Å²) in [4.78, 5) is 4.15. The van der Waals surface area contributed by atoms with Crippen molar-refractivity contribution in [2.75, 3.05) is 5.73 Å². The molecule has 3 rings (SSSR count). The van der Waals surface area contributed by atoms with Crippen molar-refractivity contribution >= 4 is 5.69 Å². The van der Waals surface area contributed by atoms with Gasteiger partial charge in [-0.2, -0.15) is 0 Å². The van der Waals surface area contributed by atoms with E-state index in [1.165, 1.54) is 44.9 Å². The first-order valence-electron chi connectivity index (χ1n) is 7.64. The van der Waals surface area contributed by atoms with Gasteiger partial charge in [0, 0.05) is 18.1 Å². The number of nitrogens with two attached hydrogens (primary N) is 1. The van der Waals surface area contributed by atoms with Crippen LogP contribution in [0.4, 0.5) is 5.69 Å². The fraction of sp³-hybridized carbons (Fsp3) is 0.688. The highest BCUT2D eigenvalue weighted by Gasteiger charge is 2.40. The van der Waals surface area contributed by atoms with Crippen LogP contribution in [0.15, 0.2) is 18.5 Å². The Balaban J connectivity index is 1.53. The number of aryl methyl sites for hydroxylation is 1. The summed E-state index contributed by atoms with van der Waals surface area (Å²) in [6.45, 7) is 0. The molecule has 1 unspecified atom stereocenters. The van der Waals surface area contributed by atoms with Crippen LogP contribution in [0.2, 0.25) is 0 Å². The second kappa shape index (κ2) is 5.49. The Morgan fingerprint density at radius 1 is 1.26 bits per heavy atom. The van der Waals surface area contributed by atoms with Crippen LogP contribution < -0.4 is 5.73 Å². The molecule has 0 amide bonds. The number of rotatable bonds is 3. The lowest BCUT2D eigenvalue weighted by Gasteiger charge is -2.33. The highest BCUT2D eigenvalue weighted by molar-refractivity contribution is 5.44. The number of pyridine rings is 1. The van der Waals surface area contributed by atoms with Crippen molar-refractivity contribution in [3.8, 4) is 0 Å². The maximum Gasteiger partial charge on any atom is 0.0687 e. The van der Waals surface area contributed by atoms with Crippen LogP contribution in [0.25, 0.3) is 0 Å². The fourth-order valence-corrected chi connectivity index (χ4v) is 3.63. The molecule has 2 heterocycles. The molecule has 2 aliphatic rings. The minimum absolute atomic E-state index is 0.239. The number of hydrogen-bond acceptors (Lipinski definition) is 3. The van der Waals surface area contributed by atoms with Gasteiger partial charge in [0.25, 0.3) is 0 Å². The average molecular weight is 260 g/mol. The van der Waals surface area contributed by atoms with Gasteiger partial charge in [-0.1, -0.05) is 19.3 Å². The molecule has 1 aliphatic heterocycles. The van der Waals surface area contributed by atoms with E-state index >= 15 is 0 Å². The van der Waals surface area contributed by atoms with Gasteiger partial charge in [0.2, 0.25) is 0 Å². The molecule has 2 N–H and O–H groups in total. The Kier molecular flexibility index (Phi) is 3.74. The van der Waals surface area contributed by atoms with Gasteiger partial charge in [0.15, 0.2) is 0 Å². The normalized spacial score (nSPS) is 25.8. The first-order valence-corrected chi connectivity index (χ1v) is 7.64. The lowest BCUT2D eigenvalue weighted by Crippen LogP contribution is -2.31. The number of anilines is 1. The Labute approximate surface area is 115 Å². The molecule has 1 spiro atoms. The van der Waals surface area contributed by atoms with Crippen LogP contribution in [0.3, 0.4) is 0 Å². The third-order valence-electron chi connectivity index (χ3n) is 4.78. The zero-order valence-corrected chi connectivity index (χ0v) is 11.6. The lowest BCUT2D eigenvalue weighted by atomic mass is 9.83. The second-order valence-electron chi connectivity index (χ2n) is 6.14. The molecule has 104 valence electrons. The molecule has 0 bridgehead atoms. The Morgan fingerprint density at radius 2 is 2.11 bits per heavy atom. The van der Waals surface area contributed by atoms with Crippen LogP contribution in [-0.2, 0) is 11.2 Å². The van der Waals surface area contributed by atoms with Crippen LogP contribution in [0, 0.1) is 0 Å². The van der Waals surface area contributed by atoms with Crippen molar-refractivity contribution in [1.82, 2.24) is 4.98 Å². The zero-order valence-electron chi connectivity index (χ0n) is 11.6. The van der Waals surface area contributed by atoms with Gasteiger partial charge in [0.05, 0.1) is 11.7 Å². The van der Waals surface area contributed by atoms with E-state index in [9.17, 15) is 0 Å². The molecular weight excluding hydrogens is 236 g/mol. The minimum Gasteiger partial charge on any atom is -0.398 e. The van der Waals surface area contributed by atoms with Crippen LogP contribution >= 0.6 is 0 Å². The molecule has 3 nitrogen and oxygen atoms in total. The fourth-order valence-electron chi connectivity index (χ4n) is 3.63. The Hall–Kier alpha value is -1.09. The van der Waals surface area contributed by atoms with E-state index in [-0.39, 0.29) is 5.60 Å². The average Bonchev–Trinajstić information content (AvgIpc) is 2.82. The molecule has 1 saturated heterocycles. The van der Waals surface area contributed by atoms with E-state index in [0.29, 0.717) is 6.10 Å². The first kappa shape index (κ1) is 12.9. The smallest absolute Gasteiger partial charge is 0.0687 e. The van der Waals surface area contributed by atoms with Gasteiger partial charge in [-0.3, -0.25) is 4.98 Å². The quantitative estimate of drug-likeness (QED) is 0.905. The van der Waals surface area contributed by atoms with Gasteiger partial charge in [0.1, 0.15) is 0 Å². The summed E-state index contributed by atoms with van der Waals surface area (Å²) in [6.07, 6.45) is 15.3. The van der Waals surface area contributed by atoms with Crippen LogP contribution in [0.5, 0.6) is 0 Å².